The van der Waals surface area contributed by atoms with Crippen molar-refractivity contribution in [3.63, 3.8) is 0 Å². The van der Waals surface area contributed by atoms with Gasteiger partial charge in [-0.3, -0.25) is 9.79 Å². The van der Waals surface area contributed by atoms with Crippen LogP contribution in [0.1, 0.15) is 28.4 Å². The minimum Gasteiger partial charge on any atom is -0.348 e. The highest BCUT2D eigenvalue weighted by Gasteiger charge is 2.19. The van der Waals surface area contributed by atoms with Crippen LogP contribution in [0.5, 0.6) is 0 Å². The van der Waals surface area contributed by atoms with Crippen molar-refractivity contribution in [3.05, 3.63) is 65.0 Å². The number of aliphatic imine (C=N–C) groups is 1. The number of nitrogens with one attached hydrogen (secondary N) is 1. The van der Waals surface area contributed by atoms with Crippen molar-refractivity contribution in [2.24, 2.45) is 4.99 Å². The van der Waals surface area contributed by atoms with Crippen molar-refractivity contribution in [1.82, 2.24) is 0 Å². The summed E-state index contributed by atoms with van der Waals surface area (Å²) in [7, 11) is 0. The van der Waals surface area contributed by atoms with Crippen molar-refractivity contribution < 1.29 is 9.18 Å². The van der Waals surface area contributed by atoms with Crippen molar-refractivity contribution in [1.29, 1.82) is 0 Å². The Morgan fingerprint density at radius 1 is 1.23 bits per heavy atom. The number of hydrogen-bond donors (Lipinski definition) is 1. The molecular weight excluding hydrogens is 299 g/mol. The van der Waals surface area contributed by atoms with Crippen LogP contribution in [0.4, 0.5) is 10.1 Å². The molecule has 110 valence electrons. The van der Waals surface area contributed by atoms with Gasteiger partial charge >= 0.3 is 0 Å². The second-order valence-corrected chi connectivity index (χ2v) is 5.50. The van der Waals surface area contributed by atoms with Gasteiger partial charge < -0.3 is 5.32 Å². The summed E-state index contributed by atoms with van der Waals surface area (Å²) in [6, 6.07) is 11.7. The van der Waals surface area contributed by atoms with E-state index in [-0.39, 0.29) is 18.1 Å². The Bertz CT molecular complexity index is 814. The largest absolute Gasteiger partial charge is 0.348 e. The third-order valence-electron chi connectivity index (χ3n) is 3.47. The Labute approximate surface area is 132 Å². The molecule has 1 aliphatic rings. The molecule has 0 bridgehead atoms. The van der Waals surface area contributed by atoms with E-state index in [0.717, 1.165) is 5.69 Å². The lowest BCUT2D eigenvalue weighted by atomic mass is 9.97. The molecule has 0 amide bonds. The zero-order valence-electron chi connectivity index (χ0n) is 11.9. The first-order valence-electron chi connectivity index (χ1n) is 6.81. The maximum absolute atomic E-state index is 14.2. The van der Waals surface area contributed by atoms with Crippen LogP contribution in [0, 0.1) is 5.82 Å². The lowest BCUT2D eigenvalue weighted by Gasteiger charge is -2.12. The van der Waals surface area contributed by atoms with Crippen LogP contribution in [-0.2, 0) is 0 Å². The third-order valence-corrected chi connectivity index (χ3v) is 3.70. The zero-order valence-corrected chi connectivity index (χ0v) is 12.7. The van der Waals surface area contributed by atoms with Gasteiger partial charge in [0.05, 0.1) is 12.3 Å². The standard InChI is InChI=1S/C17H13FN2OS/c1-10(21)11-6-7-15-13(8-11)17(19-9-16(22)20-15)12-4-2-3-5-14(12)18/h2-8H,9H2,1H3,(H,20,22). The molecule has 0 fully saturated rings. The third kappa shape index (κ3) is 2.67. The highest BCUT2D eigenvalue weighted by molar-refractivity contribution is 7.80. The van der Waals surface area contributed by atoms with Gasteiger partial charge in [0.15, 0.2) is 5.78 Å². The normalized spacial score (nSPS) is 13.7. The van der Waals surface area contributed by atoms with Gasteiger partial charge in [-0.2, -0.15) is 0 Å². The van der Waals surface area contributed by atoms with E-state index in [1.54, 1.807) is 36.4 Å². The molecule has 0 saturated carbocycles. The Morgan fingerprint density at radius 3 is 2.73 bits per heavy atom. The molecule has 5 heteroatoms. The highest BCUT2D eigenvalue weighted by Crippen LogP contribution is 2.25. The zero-order chi connectivity index (χ0) is 15.7. The molecule has 2 aromatic carbocycles. The molecule has 0 saturated heterocycles. The summed E-state index contributed by atoms with van der Waals surface area (Å²) in [6.45, 7) is 1.78. The number of thiocarbonyl (C=S) groups is 1. The van der Waals surface area contributed by atoms with E-state index >= 15 is 0 Å². The number of fused-ring (bicyclic) bond motifs is 1. The summed E-state index contributed by atoms with van der Waals surface area (Å²) in [6.07, 6.45) is 0. The van der Waals surface area contributed by atoms with Crippen LogP contribution in [-0.4, -0.2) is 23.0 Å². The van der Waals surface area contributed by atoms with Crippen molar-refractivity contribution in [3.8, 4) is 0 Å². The van der Waals surface area contributed by atoms with Gasteiger partial charge in [0, 0.05) is 22.4 Å². The van der Waals surface area contributed by atoms with E-state index in [1.165, 1.54) is 13.0 Å². The Balaban J connectivity index is 2.23. The Hall–Kier alpha value is -2.40. The molecule has 0 aromatic heterocycles. The molecule has 1 aliphatic heterocycles. The summed E-state index contributed by atoms with van der Waals surface area (Å²) in [4.78, 5) is 16.6. The SMILES string of the molecule is CC(=O)c1ccc2c(c1)C(c1ccccc1F)=NCC(=S)N2. The van der Waals surface area contributed by atoms with Gasteiger partial charge in [-0.1, -0.05) is 24.4 Å². The molecular formula is C17H13FN2OS. The Kier molecular flexibility index (Phi) is 3.81. The first-order valence-corrected chi connectivity index (χ1v) is 7.21. The number of nitrogens with zero attached hydrogens (tertiary/aromatic N) is 1. The van der Waals surface area contributed by atoms with Crippen molar-refractivity contribution in [2.45, 2.75) is 6.92 Å². The van der Waals surface area contributed by atoms with Gasteiger partial charge in [-0.25, -0.2) is 4.39 Å². The molecule has 0 atom stereocenters. The minimum atomic E-state index is -0.353. The molecule has 2 aromatic rings. The second kappa shape index (κ2) is 5.77. The second-order valence-electron chi connectivity index (χ2n) is 5.01. The number of benzodiazepines with no additional fused rings is 1. The molecule has 0 radical (unpaired) electrons. The van der Waals surface area contributed by atoms with Crippen LogP contribution in [0.25, 0.3) is 0 Å². The average molecular weight is 312 g/mol. The summed E-state index contributed by atoms with van der Waals surface area (Å²) < 4.78 is 14.2. The maximum Gasteiger partial charge on any atom is 0.159 e. The van der Waals surface area contributed by atoms with Gasteiger partial charge in [0.1, 0.15) is 10.8 Å². The molecule has 3 nitrogen and oxygen atoms in total. The van der Waals surface area contributed by atoms with Gasteiger partial charge in [-0.15, -0.1) is 0 Å². The van der Waals surface area contributed by atoms with Crippen LogP contribution in [0.3, 0.4) is 0 Å². The molecule has 1 heterocycles. The lowest BCUT2D eigenvalue weighted by molar-refractivity contribution is 0.101. The van der Waals surface area contributed by atoms with Crippen LogP contribution in [0.15, 0.2) is 47.5 Å². The first kappa shape index (κ1) is 14.5. The number of hydrogen-bond acceptors (Lipinski definition) is 3. The van der Waals surface area contributed by atoms with Gasteiger partial charge in [0.25, 0.3) is 0 Å². The summed E-state index contributed by atoms with van der Waals surface area (Å²) in [5.41, 5.74) is 2.86. The van der Waals surface area contributed by atoms with Crippen molar-refractivity contribution in [2.75, 3.05) is 11.9 Å². The molecule has 0 unspecified atom stereocenters. The molecule has 22 heavy (non-hydrogen) atoms. The fraction of sp³-hybridized carbons (Fsp3) is 0.118. The fourth-order valence-corrected chi connectivity index (χ4v) is 2.55. The van der Waals surface area contributed by atoms with Gasteiger partial charge in [0.2, 0.25) is 0 Å². The van der Waals surface area contributed by atoms with Crippen LogP contribution < -0.4 is 5.32 Å². The van der Waals surface area contributed by atoms with E-state index < -0.39 is 0 Å². The van der Waals surface area contributed by atoms with Crippen LogP contribution >= 0.6 is 12.2 Å². The lowest BCUT2D eigenvalue weighted by Crippen LogP contribution is -2.11. The number of ketones is 1. The monoisotopic (exact) mass is 312 g/mol. The average Bonchev–Trinajstić information content (AvgIpc) is 2.65. The van der Waals surface area contributed by atoms with Gasteiger partial charge in [-0.05, 0) is 37.3 Å². The van der Waals surface area contributed by atoms with E-state index in [1.807, 2.05) is 0 Å². The Morgan fingerprint density at radius 2 is 2.00 bits per heavy atom. The highest BCUT2D eigenvalue weighted by atomic mass is 32.1. The first-order chi connectivity index (χ1) is 10.6. The molecule has 0 aliphatic carbocycles. The maximum atomic E-state index is 14.2. The fourth-order valence-electron chi connectivity index (χ4n) is 2.38. The predicted octanol–water partition coefficient (Wildman–Crippen LogP) is 3.62. The number of anilines is 1. The summed E-state index contributed by atoms with van der Waals surface area (Å²) in [5.74, 6) is -0.407. The van der Waals surface area contributed by atoms with E-state index in [2.05, 4.69) is 10.3 Å². The topological polar surface area (TPSA) is 41.5 Å². The van der Waals surface area contributed by atoms with E-state index in [0.29, 0.717) is 27.4 Å². The number of benzene rings is 2. The molecule has 1 N–H and O–H groups in total. The minimum absolute atomic E-state index is 0.0532. The van der Waals surface area contributed by atoms with Crippen LogP contribution in [0.2, 0.25) is 0 Å². The number of Topliss-reactive ketones (excluding diaryl/α,β-unsaturated/α-hetero) is 1. The predicted molar refractivity (Wildman–Crippen MR) is 89.6 cm³/mol. The number of carbonyl (C=O) groups is 1. The number of halogens is 1. The molecule has 0 spiro atoms. The summed E-state index contributed by atoms with van der Waals surface area (Å²) in [5, 5.41) is 3.09. The quantitative estimate of drug-likeness (QED) is 0.680. The molecule has 3 rings (SSSR count). The smallest absolute Gasteiger partial charge is 0.159 e. The number of carbonyl (C=O) groups excluding carboxylic acids is 1. The van der Waals surface area contributed by atoms with E-state index in [4.69, 9.17) is 12.2 Å². The van der Waals surface area contributed by atoms with E-state index in [9.17, 15) is 9.18 Å². The number of rotatable bonds is 2. The van der Waals surface area contributed by atoms with Crippen molar-refractivity contribution >= 4 is 34.4 Å². The summed E-state index contributed by atoms with van der Waals surface area (Å²) >= 11 is 5.21.